The number of carbonyl (C=O) groups excluding carboxylic acids is 1. The van der Waals surface area contributed by atoms with Crippen LogP contribution in [0, 0.1) is 5.82 Å². The van der Waals surface area contributed by atoms with Crippen molar-refractivity contribution >= 4 is 35.4 Å². The zero-order chi connectivity index (χ0) is 17.6. The minimum atomic E-state index is -1.17. The average Bonchev–Trinajstić information content (AvgIpc) is 2.39. The minimum Gasteiger partial charge on any atom is -0.480 e. The van der Waals surface area contributed by atoms with Crippen LogP contribution in [0.4, 0.5) is 9.18 Å². The summed E-state index contributed by atoms with van der Waals surface area (Å²) in [5, 5.41) is 11.9. The number of carboxylic acids is 1. The lowest BCUT2D eigenvalue weighted by Gasteiger charge is -2.21. The van der Waals surface area contributed by atoms with Crippen LogP contribution in [0.3, 0.4) is 0 Å². The Bertz CT molecular complexity index is 577. The minimum absolute atomic E-state index is 0.0986. The van der Waals surface area contributed by atoms with E-state index in [0.29, 0.717) is 16.3 Å². The first-order chi connectivity index (χ1) is 10.6. The fourth-order valence-corrected chi connectivity index (χ4v) is 2.87. The first-order valence-corrected chi connectivity index (χ1v) is 8.36. The van der Waals surface area contributed by atoms with Crippen LogP contribution in [-0.4, -0.2) is 34.6 Å². The molecule has 0 saturated carbocycles. The van der Waals surface area contributed by atoms with Crippen LogP contribution in [0.1, 0.15) is 26.3 Å². The molecule has 5 nitrogen and oxygen atoms in total. The van der Waals surface area contributed by atoms with Crippen LogP contribution in [-0.2, 0) is 15.3 Å². The maximum atomic E-state index is 13.2. The third kappa shape index (κ3) is 7.56. The van der Waals surface area contributed by atoms with E-state index in [2.05, 4.69) is 5.32 Å². The number of carbonyl (C=O) groups is 2. The summed E-state index contributed by atoms with van der Waals surface area (Å²) in [5.41, 5.74) is -0.145. The number of amides is 1. The molecule has 128 valence electrons. The Morgan fingerprint density at radius 3 is 2.65 bits per heavy atom. The van der Waals surface area contributed by atoms with Crippen molar-refractivity contribution in [3.05, 3.63) is 34.6 Å². The molecule has 1 aromatic carbocycles. The number of aliphatic carboxylic acids is 1. The van der Waals surface area contributed by atoms with Crippen molar-refractivity contribution < 1.29 is 23.8 Å². The van der Waals surface area contributed by atoms with E-state index < -0.39 is 29.5 Å². The van der Waals surface area contributed by atoms with Gasteiger partial charge in [-0.25, -0.2) is 14.0 Å². The number of halogens is 2. The van der Waals surface area contributed by atoms with Crippen molar-refractivity contribution in [1.82, 2.24) is 5.32 Å². The van der Waals surface area contributed by atoms with Crippen LogP contribution in [0.2, 0.25) is 5.02 Å². The normalized spacial score (nSPS) is 12.6. The number of hydrogen-bond donors (Lipinski definition) is 2. The molecule has 0 fully saturated rings. The largest absolute Gasteiger partial charge is 0.480 e. The van der Waals surface area contributed by atoms with Crippen LogP contribution < -0.4 is 5.32 Å². The molecule has 1 amide bonds. The standard InChI is InChI=1S/C15H19ClFNO4S/c1-15(2,3)22-14(21)18-12(13(19)20)8-23-7-9-6-10(17)4-5-11(9)16/h4-6,12H,7-8H2,1-3H3,(H,18,21)(H,19,20). The lowest BCUT2D eigenvalue weighted by molar-refractivity contribution is -0.138. The van der Waals surface area contributed by atoms with Crippen LogP contribution >= 0.6 is 23.4 Å². The first-order valence-electron chi connectivity index (χ1n) is 6.82. The van der Waals surface area contributed by atoms with E-state index >= 15 is 0 Å². The Labute approximate surface area is 143 Å². The van der Waals surface area contributed by atoms with Gasteiger partial charge in [-0.05, 0) is 44.5 Å². The van der Waals surface area contributed by atoms with E-state index in [0.717, 1.165) is 0 Å². The molecule has 0 aliphatic rings. The Morgan fingerprint density at radius 2 is 2.09 bits per heavy atom. The Balaban J connectivity index is 2.55. The molecular formula is C15H19ClFNO4S. The summed E-state index contributed by atoms with van der Waals surface area (Å²) in [6, 6.07) is 2.88. The summed E-state index contributed by atoms with van der Waals surface area (Å²) in [5.74, 6) is -1.15. The number of hydrogen-bond acceptors (Lipinski definition) is 4. The summed E-state index contributed by atoms with van der Waals surface area (Å²) in [6.07, 6.45) is -0.797. The van der Waals surface area contributed by atoms with E-state index in [-0.39, 0.29) is 5.75 Å². The lowest BCUT2D eigenvalue weighted by atomic mass is 10.2. The highest BCUT2D eigenvalue weighted by molar-refractivity contribution is 7.98. The van der Waals surface area contributed by atoms with Gasteiger partial charge in [-0.1, -0.05) is 11.6 Å². The smallest absolute Gasteiger partial charge is 0.408 e. The Hall–Kier alpha value is -1.47. The number of nitrogens with one attached hydrogen (secondary N) is 1. The predicted octanol–water partition coefficient (Wildman–Crippen LogP) is 3.69. The molecule has 0 aromatic heterocycles. The number of rotatable bonds is 6. The van der Waals surface area contributed by atoms with E-state index in [1.807, 2.05) is 0 Å². The van der Waals surface area contributed by atoms with Gasteiger partial charge in [0.15, 0.2) is 0 Å². The second-order valence-electron chi connectivity index (χ2n) is 5.79. The van der Waals surface area contributed by atoms with Crippen molar-refractivity contribution in [2.24, 2.45) is 0 Å². The van der Waals surface area contributed by atoms with E-state index in [9.17, 15) is 14.0 Å². The second-order valence-corrected chi connectivity index (χ2v) is 7.23. The molecule has 23 heavy (non-hydrogen) atoms. The van der Waals surface area contributed by atoms with Crippen LogP contribution in [0.15, 0.2) is 18.2 Å². The predicted molar refractivity (Wildman–Crippen MR) is 88.4 cm³/mol. The summed E-state index contributed by atoms with van der Waals surface area (Å²) in [7, 11) is 0. The molecule has 0 aliphatic heterocycles. The monoisotopic (exact) mass is 363 g/mol. The molecular weight excluding hydrogens is 345 g/mol. The highest BCUT2D eigenvalue weighted by Gasteiger charge is 2.23. The average molecular weight is 364 g/mol. The summed E-state index contributed by atoms with van der Waals surface area (Å²) < 4.78 is 18.2. The van der Waals surface area contributed by atoms with Gasteiger partial charge in [0.1, 0.15) is 17.5 Å². The zero-order valence-corrected chi connectivity index (χ0v) is 14.6. The van der Waals surface area contributed by atoms with Gasteiger partial charge >= 0.3 is 12.1 Å². The molecule has 0 aliphatic carbocycles. The molecule has 0 heterocycles. The summed E-state index contributed by atoms with van der Waals surface area (Å²) >= 11 is 7.17. The van der Waals surface area contributed by atoms with Gasteiger partial charge in [-0.15, -0.1) is 0 Å². The number of thioether (sulfide) groups is 1. The van der Waals surface area contributed by atoms with Gasteiger partial charge in [0.25, 0.3) is 0 Å². The first kappa shape index (κ1) is 19.6. The van der Waals surface area contributed by atoms with Crippen LogP contribution in [0.25, 0.3) is 0 Å². The molecule has 1 atom stereocenters. The highest BCUT2D eigenvalue weighted by atomic mass is 35.5. The van der Waals surface area contributed by atoms with E-state index in [1.54, 1.807) is 20.8 Å². The van der Waals surface area contributed by atoms with Crippen molar-refractivity contribution in [1.29, 1.82) is 0 Å². The number of alkyl carbamates (subject to hydrolysis) is 1. The number of carboxylic acid groups (broad SMARTS) is 1. The molecule has 1 unspecified atom stereocenters. The van der Waals surface area contributed by atoms with Gasteiger partial charge < -0.3 is 15.2 Å². The summed E-state index contributed by atoms with van der Waals surface area (Å²) in [6.45, 7) is 5.05. The highest BCUT2D eigenvalue weighted by Crippen LogP contribution is 2.22. The molecule has 0 saturated heterocycles. The van der Waals surface area contributed by atoms with Crippen molar-refractivity contribution in [3.8, 4) is 0 Å². The zero-order valence-electron chi connectivity index (χ0n) is 13.1. The van der Waals surface area contributed by atoms with Crippen LogP contribution in [0.5, 0.6) is 0 Å². The number of benzene rings is 1. The topological polar surface area (TPSA) is 75.6 Å². The molecule has 2 N–H and O–H groups in total. The SMILES string of the molecule is CC(C)(C)OC(=O)NC(CSCc1cc(F)ccc1Cl)C(=O)O. The number of ether oxygens (including phenoxy) is 1. The quantitative estimate of drug-likeness (QED) is 0.806. The molecule has 1 aromatic rings. The van der Waals surface area contributed by atoms with Crippen molar-refractivity contribution in [3.63, 3.8) is 0 Å². The van der Waals surface area contributed by atoms with Crippen molar-refractivity contribution in [2.75, 3.05) is 5.75 Å². The summed E-state index contributed by atoms with van der Waals surface area (Å²) in [4.78, 5) is 22.8. The van der Waals surface area contributed by atoms with Crippen molar-refractivity contribution in [2.45, 2.75) is 38.2 Å². The third-order valence-corrected chi connectivity index (χ3v) is 3.99. The fraction of sp³-hybridized carbons (Fsp3) is 0.467. The fourth-order valence-electron chi connectivity index (χ4n) is 1.57. The van der Waals surface area contributed by atoms with Gasteiger partial charge in [-0.3, -0.25) is 0 Å². The lowest BCUT2D eigenvalue weighted by Crippen LogP contribution is -2.44. The van der Waals surface area contributed by atoms with Gasteiger partial charge in [0, 0.05) is 16.5 Å². The Morgan fingerprint density at radius 1 is 1.43 bits per heavy atom. The molecule has 1 rings (SSSR count). The Kier molecular flexibility index (Phi) is 7.15. The molecule has 8 heteroatoms. The maximum absolute atomic E-state index is 13.2. The molecule has 0 radical (unpaired) electrons. The molecule has 0 spiro atoms. The van der Waals surface area contributed by atoms with E-state index in [4.69, 9.17) is 21.4 Å². The molecule has 0 bridgehead atoms. The van der Waals surface area contributed by atoms with Gasteiger partial charge in [0.05, 0.1) is 0 Å². The van der Waals surface area contributed by atoms with E-state index in [1.165, 1.54) is 30.0 Å². The maximum Gasteiger partial charge on any atom is 0.408 e. The van der Waals surface area contributed by atoms with Gasteiger partial charge in [-0.2, -0.15) is 11.8 Å². The second kappa shape index (κ2) is 8.40. The van der Waals surface area contributed by atoms with Gasteiger partial charge in [0.2, 0.25) is 0 Å². The third-order valence-electron chi connectivity index (χ3n) is 2.54.